The highest BCUT2D eigenvalue weighted by Gasteiger charge is 2.21. The third-order valence-corrected chi connectivity index (χ3v) is 5.27. The molecule has 1 saturated heterocycles. The van der Waals surface area contributed by atoms with E-state index in [2.05, 4.69) is 29.2 Å². The maximum Gasteiger partial charge on any atom is 0.251 e. The molecule has 0 radical (unpaired) electrons. The Bertz CT molecular complexity index is 625. The topological polar surface area (TPSA) is 47.9 Å². The lowest BCUT2D eigenvalue weighted by atomic mass is 9.99. The van der Waals surface area contributed by atoms with Gasteiger partial charge in [-0.1, -0.05) is 6.92 Å². The van der Waals surface area contributed by atoms with E-state index in [1.165, 1.54) is 12.8 Å². The van der Waals surface area contributed by atoms with Gasteiger partial charge in [0.2, 0.25) is 0 Å². The maximum atomic E-state index is 12.4. The van der Waals surface area contributed by atoms with Gasteiger partial charge in [-0.2, -0.15) is 5.10 Å². The number of carbonyl (C=O) groups excluding carboxylic acids is 1. The number of rotatable bonds is 5. The van der Waals surface area contributed by atoms with Crippen LogP contribution >= 0.6 is 0 Å². The van der Waals surface area contributed by atoms with E-state index >= 15 is 0 Å². The van der Waals surface area contributed by atoms with Crippen molar-refractivity contribution in [1.82, 2.24) is 10.2 Å². The molecule has 136 valence electrons. The average Bonchev–Trinajstić information content (AvgIpc) is 3.06. The van der Waals surface area contributed by atoms with Crippen LogP contribution in [-0.2, 0) is 0 Å². The molecular weight excluding hydrogens is 312 g/mol. The monoisotopic (exact) mass is 342 g/mol. The maximum absolute atomic E-state index is 12.4. The summed E-state index contributed by atoms with van der Waals surface area (Å²) in [4.78, 5) is 14.9. The van der Waals surface area contributed by atoms with Gasteiger partial charge in [-0.25, -0.2) is 0 Å². The van der Waals surface area contributed by atoms with Gasteiger partial charge in [-0.05, 0) is 63.4 Å². The van der Waals surface area contributed by atoms with Gasteiger partial charge in [0.1, 0.15) is 0 Å². The molecular formula is C20H30N4O. The van der Waals surface area contributed by atoms with E-state index in [4.69, 9.17) is 0 Å². The van der Waals surface area contributed by atoms with Crippen molar-refractivity contribution in [2.45, 2.75) is 46.1 Å². The van der Waals surface area contributed by atoms with E-state index in [0.29, 0.717) is 18.2 Å². The molecule has 2 aliphatic heterocycles. The number of anilines is 1. The van der Waals surface area contributed by atoms with E-state index in [1.807, 2.05) is 36.2 Å². The minimum absolute atomic E-state index is 0.00422. The Labute approximate surface area is 151 Å². The van der Waals surface area contributed by atoms with Crippen LogP contribution in [0.3, 0.4) is 0 Å². The van der Waals surface area contributed by atoms with Crippen molar-refractivity contribution in [3.8, 4) is 0 Å². The lowest BCUT2D eigenvalue weighted by Gasteiger charge is -2.35. The number of piperidine rings is 1. The smallest absolute Gasteiger partial charge is 0.251 e. The van der Waals surface area contributed by atoms with Gasteiger partial charge in [-0.3, -0.25) is 14.7 Å². The molecule has 0 spiro atoms. The van der Waals surface area contributed by atoms with E-state index in [9.17, 15) is 4.79 Å². The molecule has 2 aliphatic rings. The summed E-state index contributed by atoms with van der Waals surface area (Å²) < 4.78 is 0. The predicted molar refractivity (Wildman–Crippen MR) is 103 cm³/mol. The Morgan fingerprint density at radius 3 is 2.72 bits per heavy atom. The zero-order valence-corrected chi connectivity index (χ0v) is 15.7. The van der Waals surface area contributed by atoms with E-state index < -0.39 is 0 Å². The van der Waals surface area contributed by atoms with Crippen LogP contribution in [0.5, 0.6) is 0 Å². The summed E-state index contributed by atoms with van der Waals surface area (Å²) in [5, 5.41) is 9.58. The quantitative estimate of drug-likeness (QED) is 0.894. The fourth-order valence-corrected chi connectivity index (χ4v) is 3.64. The van der Waals surface area contributed by atoms with Crippen molar-refractivity contribution >= 4 is 17.3 Å². The largest absolute Gasteiger partial charge is 0.350 e. The van der Waals surface area contributed by atoms with Gasteiger partial charge in [0.05, 0.1) is 5.69 Å². The van der Waals surface area contributed by atoms with Crippen molar-refractivity contribution < 1.29 is 4.79 Å². The zero-order chi connectivity index (χ0) is 17.8. The molecule has 2 atom stereocenters. The van der Waals surface area contributed by atoms with Crippen LogP contribution in [-0.4, -0.2) is 48.7 Å². The summed E-state index contributed by atoms with van der Waals surface area (Å²) in [6.45, 7) is 10.5. The molecule has 0 aliphatic carbocycles. The lowest BCUT2D eigenvalue weighted by molar-refractivity contribution is 0.0917. The van der Waals surface area contributed by atoms with Crippen molar-refractivity contribution in [3.05, 3.63) is 29.8 Å². The number of nitrogens with one attached hydrogen (secondary N) is 1. The first-order valence-electron chi connectivity index (χ1n) is 9.47. The van der Waals surface area contributed by atoms with Crippen LogP contribution < -0.4 is 10.3 Å². The fourth-order valence-electron chi connectivity index (χ4n) is 3.64. The molecule has 0 aromatic heterocycles. The van der Waals surface area contributed by atoms with E-state index in [1.54, 1.807) is 0 Å². The number of benzene rings is 1. The summed E-state index contributed by atoms with van der Waals surface area (Å²) in [5.41, 5.74) is 2.91. The Kier molecular flexibility index (Phi) is 5.74. The normalized spacial score (nSPS) is 22.6. The Balaban J connectivity index is 1.51. The first-order valence-corrected chi connectivity index (χ1v) is 9.47. The number of hydrogen-bond donors (Lipinski definition) is 1. The number of hydrazone groups is 1. The molecule has 0 unspecified atom stereocenters. The Morgan fingerprint density at radius 2 is 2.08 bits per heavy atom. The molecule has 3 rings (SSSR count). The SMILES string of the molecule is CC1=NN(c2ccc(C(=O)NC[C@@H](C)N3CCC[C@@H](C)C3)cc2)CC1. The molecule has 5 nitrogen and oxygen atoms in total. The second-order valence-corrected chi connectivity index (χ2v) is 7.56. The average molecular weight is 342 g/mol. The van der Waals surface area contributed by atoms with E-state index in [-0.39, 0.29) is 5.91 Å². The minimum atomic E-state index is 0.00422. The summed E-state index contributed by atoms with van der Waals surface area (Å²) >= 11 is 0. The molecule has 1 aromatic rings. The van der Waals surface area contributed by atoms with Crippen molar-refractivity contribution in [2.24, 2.45) is 11.0 Å². The molecule has 5 heteroatoms. The van der Waals surface area contributed by atoms with Crippen LogP contribution in [0.25, 0.3) is 0 Å². The first-order chi connectivity index (χ1) is 12.0. The molecule has 2 heterocycles. The number of carbonyl (C=O) groups is 1. The Morgan fingerprint density at radius 1 is 1.32 bits per heavy atom. The van der Waals surface area contributed by atoms with Crippen LogP contribution in [0.15, 0.2) is 29.4 Å². The molecule has 1 aromatic carbocycles. The van der Waals surface area contributed by atoms with Gasteiger partial charge in [-0.15, -0.1) is 0 Å². The van der Waals surface area contributed by atoms with Gasteiger partial charge < -0.3 is 5.32 Å². The number of likely N-dealkylation sites (tertiary alicyclic amines) is 1. The summed E-state index contributed by atoms with van der Waals surface area (Å²) in [7, 11) is 0. The molecule has 0 bridgehead atoms. The summed E-state index contributed by atoms with van der Waals surface area (Å²) in [6, 6.07) is 8.12. The van der Waals surface area contributed by atoms with Crippen molar-refractivity contribution in [2.75, 3.05) is 31.2 Å². The highest BCUT2D eigenvalue weighted by molar-refractivity contribution is 5.94. The van der Waals surface area contributed by atoms with Crippen molar-refractivity contribution in [3.63, 3.8) is 0 Å². The van der Waals surface area contributed by atoms with Gasteiger partial charge >= 0.3 is 0 Å². The van der Waals surface area contributed by atoms with E-state index in [0.717, 1.165) is 43.4 Å². The summed E-state index contributed by atoms with van der Waals surface area (Å²) in [5.74, 6) is 0.765. The number of nitrogens with zero attached hydrogens (tertiary/aromatic N) is 3. The van der Waals surface area contributed by atoms with Gasteiger partial charge in [0, 0.05) is 43.4 Å². The summed E-state index contributed by atoms with van der Waals surface area (Å²) in [6.07, 6.45) is 3.59. The third-order valence-electron chi connectivity index (χ3n) is 5.27. The van der Waals surface area contributed by atoms with Crippen LogP contribution in [0.2, 0.25) is 0 Å². The molecule has 1 N–H and O–H groups in total. The van der Waals surface area contributed by atoms with Crippen LogP contribution in [0.4, 0.5) is 5.69 Å². The second-order valence-electron chi connectivity index (χ2n) is 7.56. The first kappa shape index (κ1) is 17.9. The minimum Gasteiger partial charge on any atom is -0.350 e. The molecule has 1 fully saturated rings. The molecule has 25 heavy (non-hydrogen) atoms. The molecule has 0 saturated carbocycles. The third kappa shape index (κ3) is 4.60. The predicted octanol–water partition coefficient (Wildman–Crippen LogP) is 3.12. The standard InChI is InChI=1S/C20H30N4O/c1-15-5-4-11-23(14-15)17(3)13-21-20(25)18-6-8-19(9-7-18)24-12-10-16(2)22-24/h6-9,15,17H,4-5,10-14H2,1-3H3,(H,21,25)/t15-,17-/m1/s1. The highest BCUT2D eigenvalue weighted by atomic mass is 16.1. The Hall–Kier alpha value is -1.88. The zero-order valence-electron chi connectivity index (χ0n) is 15.7. The van der Waals surface area contributed by atoms with Crippen LogP contribution in [0, 0.1) is 5.92 Å². The van der Waals surface area contributed by atoms with Crippen LogP contribution in [0.1, 0.15) is 50.4 Å². The van der Waals surface area contributed by atoms with Crippen molar-refractivity contribution in [1.29, 1.82) is 0 Å². The molecule has 1 amide bonds. The fraction of sp³-hybridized carbons (Fsp3) is 0.600. The number of hydrogen-bond acceptors (Lipinski definition) is 4. The van der Waals surface area contributed by atoms with Gasteiger partial charge in [0.25, 0.3) is 5.91 Å². The number of amides is 1. The highest BCUT2D eigenvalue weighted by Crippen LogP contribution is 2.20. The second kappa shape index (κ2) is 8.00. The van der Waals surface area contributed by atoms with Gasteiger partial charge in [0.15, 0.2) is 0 Å². The lowest BCUT2D eigenvalue weighted by Crippen LogP contribution is -2.46.